The Morgan fingerprint density at radius 3 is 0.701 bits per heavy atom. The third kappa shape index (κ3) is 7.09. The topological polar surface area (TPSA) is 13.0 Å². The summed E-state index contributed by atoms with van der Waals surface area (Å²) < 4.78 is 0. The van der Waals surface area contributed by atoms with E-state index in [0.29, 0.717) is 0 Å². The molecule has 0 aromatic heterocycles. The van der Waals surface area contributed by atoms with Gasteiger partial charge < -0.3 is 19.6 Å². The van der Waals surface area contributed by atoms with E-state index in [2.05, 4.69) is 384 Å². The molecule has 6 heteroatoms. The lowest BCUT2D eigenvalue weighted by molar-refractivity contribution is 0.754. The Labute approximate surface area is 566 Å². The Morgan fingerprint density at radius 1 is 0.186 bits per heavy atom. The Balaban J connectivity index is 1.05. The molecule has 0 saturated heterocycles. The predicted molar refractivity (Wildman–Crippen MR) is 408 cm³/mol. The van der Waals surface area contributed by atoms with Gasteiger partial charge in [0.2, 0.25) is 0 Å². The van der Waals surface area contributed by atoms with Gasteiger partial charge in [0.1, 0.15) is 0 Å². The molecule has 0 fully saturated rings. The average Bonchev–Trinajstić information content (AvgIpc) is 1.60. The van der Waals surface area contributed by atoms with Gasteiger partial charge >= 0.3 is 0 Å². The maximum absolute atomic E-state index is 3.64. The summed E-state index contributed by atoms with van der Waals surface area (Å²) in [7, 11) is -7.28. The van der Waals surface area contributed by atoms with Crippen molar-refractivity contribution in [2.45, 2.75) is 5.41 Å². The smallest absolute Gasteiger partial charge is 0.185 e. The SMILES string of the molecule is c1ccc(N(c2ccccc2)c2cc3c4c(c2)[Si]2(c5ccccc5-c5ccccc52)c2cc(N(c5ccccc5)c5ccccc5)cc5c2N4c2c(cc(N(c4ccccc4)c4ccccc4)cc2[Si]52c4ccccc4-c4ccccc42)C32c3ccccc3-c3ccccc32)cc1. The van der Waals surface area contributed by atoms with Gasteiger partial charge in [-0.2, -0.15) is 0 Å². The van der Waals surface area contributed by atoms with Crippen LogP contribution in [0.5, 0.6) is 0 Å². The maximum Gasteiger partial charge on any atom is 0.185 e. The van der Waals surface area contributed by atoms with E-state index in [4.69, 9.17) is 0 Å². The molecule has 0 amide bonds. The molecule has 5 aliphatic heterocycles. The zero-order chi connectivity index (χ0) is 63.6. The van der Waals surface area contributed by atoms with Gasteiger partial charge in [-0.3, -0.25) is 0 Å². The number of benzene rings is 15. The summed E-state index contributed by atoms with van der Waals surface area (Å²) in [6, 6.07) is 140. The van der Waals surface area contributed by atoms with Crippen molar-refractivity contribution < 1.29 is 0 Å². The van der Waals surface area contributed by atoms with E-state index in [0.717, 1.165) is 51.2 Å². The minimum Gasteiger partial charge on any atom is -0.311 e. The molecule has 0 unspecified atom stereocenters. The molecule has 21 rings (SSSR count). The Bertz CT molecular complexity index is 4840. The fourth-order valence-corrected chi connectivity index (χ4v) is 30.0. The second-order valence-corrected chi connectivity index (χ2v) is 33.9. The van der Waals surface area contributed by atoms with E-state index in [1.807, 2.05) is 0 Å². The van der Waals surface area contributed by atoms with Gasteiger partial charge in [-0.1, -0.05) is 255 Å². The molecule has 0 atom stereocenters. The summed E-state index contributed by atoms with van der Waals surface area (Å²) in [5, 5.41) is 11.3. The number of fused-ring (bicyclic) bond motifs is 21. The zero-order valence-electron chi connectivity index (χ0n) is 52.9. The second kappa shape index (κ2) is 20.5. The van der Waals surface area contributed by atoms with Crippen LogP contribution in [0.15, 0.2) is 364 Å². The highest BCUT2D eigenvalue weighted by atomic mass is 28.3. The molecule has 0 saturated carbocycles. The molecule has 3 spiro atoms. The van der Waals surface area contributed by atoms with Gasteiger partial charge in [-0.05, 0) is 206 Å². The van der Waals surface area contributed by atoms with Crippen LogP contribution >= 0.6 is 0 Å². The highest BCUT2D eigenvalue weighted by Crippen LogP contribution is 2.66. The first kappa shape index (κ1) is 54.3. The summed E-state index contributed by atoms with van der Waals surface area (Å²) in [6.07, 6.45) is 0. The van der Waals surface area contributed by atoms with Crippen LogP contribution in [-0.2, 0) is 5.41 Å². The fourth-order valence-electron chi connectivity index (χ4n) is 18.7. The van der Waals surface area contributed by atoms with E-state index in [9.17, 15) is 0 Å². The van der Waals surface area contributed by atoms with Gasteiger partial charge in [-0.15, -0.1) is 0 Å². The standard InChI is InChI=1S/C91H60N4Si2/c1-7-31-61(32-8-1)92(62-33-9-2-10-34-62)67-55-78-88-84(57-67)96(80-51-27-21-45-72(80)73-46-22-28-52-81(73)96)86-59-69(94(65-39-15-5-16-40-65)66-41-17-6-18-42-66)60-87-90(86)95(88)89-79(91(78)76-49-25-19-43-70(76)71-44-20-26-50-77(71)91)56-68(93(63-35-11-3-12-36-63)64-37-13-4-14-38-64)58-85(89)97(87)82-53-29-23-47-74(82)75-48-24-30-54-83(75)97/h1-60H. The lowest BCUT2D eigenvalue weighted by Gasteiger charge is -2.57. The molecule has 0 bridgehead atoms. The Morgan fingerprint density at radius 2 is 0.412 bits per heavy atom. The van der Waals surface area contributed by atoms with Gasteiger partial charge in [-0.25, -0.2) is 0 Å². The molecule has 97 heavy (non-hydrogen) atoms. The number of rotatable bonds is 9. The van der Waals surface area contributed by atoms with Crippen molar-refractivity contribution in [3.05, 3.63) is 386 Å². The first-order valence-corrected chi connectivity index (χ1v) is 37.8. The summed E-state index contributed by atoms with van der Waals surface area (Å²) in [5.74, 6) is 0. The maximum atomic E-state index is 2.90. The lowest BCUT2D eigenvalue weighted by atomic mass is 9.64. The van der Waals surface area contributed by atoms with Crippen LogP contribution in [0.2, 0.25) is 0 Å². The zero-order valence-corrected chi connectivity index (χ0v) is 54.9. The molecule has 6 aliphatic rings. The molecular formula is C91H60N4Si2. The Kier molecular flexibility index (Phi) is 11.5. The van der Waals surface area contributed by atoms with E-state index < -0.39 is 21.6 Å². The summed E-state index contributed by atoms with van der Waals surface area (Å²) in [4.78, 5) is 10.6. The summed E-state index contributed by atoms with van der Waals surface area (Å²) in [6.45, 7) is 0. The van der Waals surface area contributed by atoms with Crippen LogP contribution in [0, 0.1) is 0 Å². The minimum atomic E-state index is -3.64. The number of hydrogen-bond acceptors (Lipinski definition) is 4. The van der Waals surface area contributed by atoms with Crippen molar-refractivity contribution in [1.29, 1.82) is 0 Å². The van der Waals surface area contributed by atoms with Gasteiger partial charge in [0.05, 0.1) is 16.8 Å². The van der Waals surface area contributed by atoms with Crippen molar-refractivity contribution in [3.8, 4) is 33.4 Å². The second-order valence-electron chi connectivity index (χ2n) is 26.5. The summed E-state index contributed by atoms with van der Waals surface area (Å²) >= 11 is 0. The molecular weight excluding hydrogens is 1210 g/mol. The monoisotopic (exact) mass is 1260 g/mol. The predicted octanol–water partition coefficient (Wildman–Crippen LogP) is 17.6. The van der Waals surface area contributed by atoms with Crippen LogP contribution in [-0.4, -0.2) is 16.1 Å². The van der Waals surface area contributed by atoms with Crippen molar-refractivity contribution in [1.82, 2.24) is 0 Å². The number of para-hydroxylation sites is 6. The lowest BCUT2D eigenvalue weighted by Crippen LogP contribution is -2.81. The van der Waals surface area contributed by atoms with Crippen LogP contribution in [0.1, 0.15) is 22.3 Å². The third-order valence-electron chi connectivity index (χ3n) is 22.1. The highest BCUT2D eigenvalue weighted by Gasteiger charge is 2.66. The van der Waals surface area contributed by atoms with Crippen molar-refractivity contribution in [3.63, 3.8) is 0 Å². The van der Waals surface area contributed by atoms with Gasteiger partial charge in [0.25, 0.3) is 0 Å². The minimum absolute atomic E-state index is 0.880. The van der Waals surface area contributed by atoms with E-state index in [-0.39, 0.29) is 0 Å². The van der Waals surface area contributed by atoms with E-state index >= 15 is 0 Å². The van der Waals surface area contributed by atoms with Crippen LogP contribution in [0.4, 0.5) is 68.2 Å². The van der Waals surface area contributed by atoms with Crippen molar-refractivity contribution in [2.24, 2.45) is 0 Å². The highest BCUT2D eigenvalue weighted by molar-refractivity contribution is 7.27. The molecule has 0 radical (unpaired) electrons. The van der Waals surface area contributed by atoms with Crippen LogP contribution < -0.4 is 61.1 Å². The summed E-state index contributed by atoms with van der Waals surface area (Å²) in [5.41, 5.74) is 26.0. The van der Waals surface area contributed by atoms with E-state index in [1.165, 1.54) is 114 Å². The van der Waals surface area contributed by atoms with Crippen LogP contribution in [0.3, 0.4) is 0 Å². The Hall–Kier alpha value is -12.1. The van der Waals surface area contributed by atoms with Crippen molar-refractivity contribution >= 4 is 126 Å². The average molecular weight is 1270 g/mol. The molecule has 1 aliphatic carbocycles. The fraction of sp³-hybridized carbons (Fsp3) is 0.0110. The first-order chi connectivity index (χ1) is 48.2. The van der Waals surface area contributed by atoms with Gasteiger partial charge in [0, 0.05) is 56.9 Å². The molecule has 4 nitrogen and oxygen atoms in total. The van der Waals surface area contributed by atoms with E-state index in [1.54, 1.807) is 0 Å². The molecule has 452 valence electrons. The normalized spacial score (nSPS) is 14.4. The number of anilines is 12. The largest absolute Gasteiger partial charge is 0.311 e. The molecule has 15 aromatic rings. The molecule has 5 heterocycles. The van der Waals surface area contributed by atoms with Crippen molar-refractivity contribution in [2.75, 3.05) is 19.6 Å². The van der Waals surface area contributed by atoms with Gasteiger partial charge in [0.15, 0.2) is 16.1 Å². The quantitative estimate of drug-likeness (QED) is 0.134. The first-order valence-electron chi connectivity index (χ1n) is 33.8. The number of hydrogen-bond donors (Lipinski definition) is 0. The molecule has 15 aromatic carbocycles. The van der Waals surface area contributed by atoms with Crippen LogP contribution in [0.25, 0.3) is 33.4 Å². The number of nitrogens with zero attached hydrogens (tertiary/aromatic N) is 4. The third-order valence-corrected chi connectivity index (χ3v) is 31.8. The molecule has 0 N–H and O–H groups in total.